The maximum Gasteiger partial charge on any atom is 0.248 e. The Morgan fingerprint density at radius 1 is 1.17 bits per heavy atom. The van der Waals surface area contributed by atoms with Crippen LogP contribution < -0.4 is 0 Å². The van der Waals surface area contributed by atoms with E-state index in [2.05, 4.69) is 4.99 Å². The molecule has 0 amide bonds. The maximum absolute atomic E-state index is 8.93. The number of hydrogen-bond donors (Lipinski definition) is 1. The van der Waals surface area contributed by atoms with Gasteiger partial charge in [-0.25, -0.2) is 4.99 Å². The Labute approximate surface area is 136 Å². The molecule has 122 valence electrons. The lowest BCUT2D eigenvalue weighted by Gasteiger charge is -2.31. The van der Waals surface area contributed by atoms with Crippen molar-refractivity contribution in [3.63, 3.8) is 0 Å². The lowest BCUT2D eigenvalue weighted by molar-refractivity contribution is -0.165. The summed E-state index contributed by atoms with van der Waals surface area (Å²) in [6.07, 6.45) is 8.87. The molecule has 0 unspecified atom stereocenters. The van der Waals surface area contributed by atoms with Crippen molar-refractivity contribution in [2.45, 2.75) is 5.79 Å². The van der Waals surface area contributed by atoms with Crippen molar-refractivity contribution in [3.8, 4) is 0 Å². The average Bonchev–Trinajstić information content (AvgIpc) is 2.61. The molecular weight excluding hydrogens is 294 g/mol. The van der Waals surface area contributed by atoms with Crippen LogP contribution >= 0.6 is 0 Å². The first-order chi connectivity index (χ1) is 11.2. The summed E-state index contributed by atoms with van der Waals surface area (Å²) in [4.78, 5) is 4.63. The van der Waals surface area contributed by atoms with E-state index in [9.17, 15) is 0 Å². The summed E-state index contributed by atoms with van der Waals surface area (Å²) in [6.45, 7) is -0.0112. The fraction of sp³-hybridized carbons (Fsp3) is 0.278. The number of methoxy groups -OCH3 is 3. The number of allylic oxidation sites excluding steroid dienone is 2. The van der Waals surface area contributed by atoms with E-state index in [1.807, 2.05) is 36.4 Å². The number of aliphatic hydroxyl groups is 1. The smallest absolute Gasteiger partial charge is 0.248 e. The highest BCUT2D eigenvalue weighted by molar-refractivity contribution is 6.07. The number of nitrogens with zero attached hydrogens (tertiary/aromatic N) is 1. The van der Waals surface area contributed by atoms with Gasteiger partial charge in [0.25, 0.3) is 0 Å². The van der Waals surface area contributed by atoms with Crippen LogP contribution in [-0.2, 0) is 14.2 Å². The molecule has 0 spiro atoms. The zero-order chi connectivity index (χ0) is 16.7. The third kappa shape index (κ3) is 3.76. The minimum absolute atomic E-state index is 0.0112. The van der Waals surface area contributed by atoms with Crippen molar-refractivity contribution in [1.82, 2.24) is 0 Å². The van der Waals surface area contributed by atoms with Crippen LogP contribution in [0.25, 0.3) is 6.08 Å². The molecule has 0 bridgehead atoms. The van der Waals surface area contributed by atoms with Crippen LogP contribution in [0.5, 0.6) is 0 Å². The summed E-state index contributed by atoms with van der Waals surface area (Å²) in [5.41, 5.74) is 2.44. The molecule has 0 atom stereocenters. The topological polar surface area (TPSA) is 60.3 Å². The van der Waals surface area contributed by atoms with Gasteiger partial charge in [-0.3, -0.25) is 0 Å². The molecule has 0 radical (unpaired) electrons. The highest BCUT2D eigenvalue weighted by Gasteiger charge is 2.35. The van der Waals surface area contributed by atoms with Crippen molar-refractivity contribution in [2.24, 2.45) is 4.99 Å². The normalized spacial score (nSPS) is 18.4. The van der Waals surface area contributed by atoms with Crippen molar-refractivity contribution < 1.29 is 19.3 Å². The standard InChI is InChI=1S/C18H21NO4/c1-21-17-13-15(10-11-18(17,22-2)23-3)19-16-9-5-4-7-14(16)8-6-12-20/h4-11,13,20H,12H2,1-3H3/b8-6+,19-15?. The van der Waals surface area contributed by atoms with Crippen LogP contribution in [0.3, 0.4) is 0 Å². The van der Waals surface area contributed by atoms with Crippen LogP contribution in [0, 0.1) is 0 Å². The Balaban J connectivity index is 2.39. The highest BCUT2D eigenvalue weighted by Crippen LogP contribution is 2.29. The molecule has 1 aromatic carbocycles. The van der Waals surface area contributed by atoms with Crippen LogP contribution in [0.2, 0.25) is 0 Å². The molecule has 1 N–H and O–H groups in total. The van der Waals surface area contributed by atoms with E-state index in [0.717, 1.165) is 17.0 Å². The Morgan fingerprint density at radius 3 is 2.57 bits per heavy atom. The second-order valence-corrected chi connectivity index (χ2v) is 4.80. The lowest BCUT2D eigenvalue weighted by Crippen LogP contribution is -2.37. The number of ether oxygens (including phenoxy) is 3. The second-order valence-electron chi connectivity index (χ2n) is 4.80. The van der Waals surface area contributed by atoms with Gasteiger partial charge in [0.2, 0.25) is 5.79 Å². The van der Waals surface area contributed by atoms with Gasteiger partial charge in [-0.15, -0.1) is 0 Å². The molecule has 0 aromatic heterocycles. The van der Waals surface area contributed by atoms with E-state index in [1.54, 1.807) is 39.6 Å². The molecular formula is C18H21NO4. The van der Waals surface area contributed by atoms with E-state index in [1.165, 1.54) is 0 Å². The Morgan fingerprint density at radius 2 is 1.91 bits per heavy atom. The first-order valence-electron chi connectivity index (χ1n) is 7.20. The van der Waals surface area contributed by atoms with E-state index >= 15 is 0 Å². The average molecular weight is 315 g/mol. The number of benzene rings is 1. The summed E-state index contributed by atoms with van der Waals surface area (Å²) in [6, 6.07) is 7.69. The molecule has 5 heteroatoms. The SMILES string of the molecule is COC1=CC(=Nc2ccccc2/C=C/CO)C=CC1(OC)OC. The Hall–Kier alpha value is -2.21. The number of aliphatic hydroxyl groups excluding tert-OH is 1. The van der Waals surface area contributed by atoms with Gasteiger partial charge in [-0.05, 0) is 23.8 Å². The number of para-hydroxylation sites is 1. The molecule has 0 aliphatic heterocycles. The van der Waals surface area contributed by atoms with Crippen molar-refractivity contribution in [1.29, 1.82) is 0 Å². The Kier molecular flexibility index (Phi) is 5.87. The monoisotopic (exact) mass is 315 g/mol. The quantitative estimate of drug-likeness (QED) is 0.820. The summed E-state index contributed by atoms with van der Waals surface area (Å²) in [5, 5.41) is 8.93. The lowest BCUT2D eigenvalue weighted by atomic mass is 10.1. The molecule has 2 rings (SSSR count). The fourth-order valence-corrected chi connectivity index (χ4v) is 2.30. The predicted octanol–water partition coefficient (Wildman–Crippen LogP) is 2.85. The van der Waals surface area contributed by atoms with Gasteiger partial charge in [0.1, 0.15) is 0 Å². The van der Waals surface area contributed by atoms with Gasteiger partial charge in [0.15, 0.2) is 5.76 Å². The van der Waals surface area contributed by atoms with Crippen molar-refractivity contribution in [2.75, 3.05) is 27.9 Å². The van der Waals surface area contributed by atoms with Crippen LogP contribution in [0.15, 0.2) is 59.3 Å². The first kappa shape index (κ1) is 17.1. The molecule has 0 saturated carbocycles. The van der Waals surface area contributed by atoms with Crippen LogP contribution in [0.4, 0.5) is 5.69 Å². The van der Waals surface area contributed by atoms with Gasteiger partial charge in [-0.1, -0.05) is 30.4 Å². The molecule has 0 fully saturated rings. The molecule has 1 aromatic rings. The molecule has 23 heavy (non-hydrogen) atoms. The molecule has 0 saturated heterocycles. The summed E-state index contributed by atoms with van der Waals surface area (Å²) >= 11 is 0. The Bertz CT molecular complexity index is 655. The van der Waals surface area contributed by atoms with Gasteiger partial charge in [-0.2, -0.15) is 0 Å². The van der Waals surface area contributed by atoms with E-state index in [0.29, 0.717) is 5.76 Å². The highest BCUT2D eigenvalue weighted by atomic mass is 16.7. The van der Waals surface area contributed by atoms with E-state index < -0.39 is 5.79 Å². The molecule has 1 aliphatic rings. The van der Waals surface area contributed by atoms with Crippen molar-refractivity contribution in [3.05, 3.63) is 59.9 Å². The first-order valence-corrected chi connectivity index (χ1v) is 7.20. The fourth-order valence-electron chi connectivity index (χ4n) is 2.30. The van der Waals surface area contributed by atoms with E-state index in [-0.39, 0.29) is 6.61 Å². The van der Waals surface area contributed by atoms with Crippen molar-refractivity contribution >= 4 is 17.5 Å². The minimum Gasteiger partial charge on any atom is -0.495 e. The third-order valence-electron chi connectivity index (χ3n) is 3.51. The molecule has 5 nitrogen and oxygen atoms in total. The number of hydrogen-bond acceptors (Lipinski definition) is 5. The van der Waals surface area contributed by atoms with Gasteiger partial charge >= 0.3 is 0 Å². The third-order valence-corrected chi connectivity index (χ3v) is 3.51. The summed E-state index contributed by atoms with van der Waals surface area (Å²) in [7, 11) is 4.67. The zero-order valence-electron chi connectivity index (χ0n) is 13.5. The van der Waals surface area contributed by atoms with Crippen LogP contribution in [0.1, 0.15) is 5.56 Å². The molecule has 1 aliphatic carbocycles. The minimum atomic E-state index is -1.02. The summed E-state index contributed by atoms with van der Waals surface area (Å²) in [5.74, 6) is -0.503. The number of rotatable bonds is 6. The maximum atomic E-state index is 8.93. The predicted molar refractivity (Wildman–Crippen MR) is 90.6 cm³/mol. The molecule has 0 heterocycles. The number of aliphatic imine (C=N–C) groups is 1. The van der Waals surface area contributed by atoms with Gasteiger partial charge in [0.05, 0.1) is 25.1 Å². The largest absolute Gasteiger partial charge is 0.495 e. The van der Waals surface area contributed by atoms with Gasteiger partial charge in [0, 0.05) is 20.3 Å². The van der Waals surface area contributed by atoms with E-state index in [4.69, 9.17) is 19.3 Å². The van der Waals surface area contributed by atoms with Gasteiger partial charge < -0.3 is 19.3 Å². The second kappa shape index (κ2) is 7.87. The van der Waals surface area contributed by atoms with Crippen LogP contribution in [-0.4, -0.2) is 44.5 Å². The zero-order valence-corrected chi connectivity index (χ0v) is 13.5. The summed E-state index contributed by atoms with van der Waals surface area (Å²) < 4.78 is 16.2.